The Morgan fingerprint density at radius 3 is 1.82 bits per heavy atom. The first-order valence-electron chi connectivity index (χ1n) is 19.9. The van der Waals surface area contributed by atoms with Gasteiger partial charge in [0.15, 0.2) is 0 Å². The Hall–Kier alpha value is -6.22. The van der Waals surface area contributed by atoms with Crippen LogP contribution in [0, 0.1) is 0 Å². The molecular weight excluding hydrogens is 691 g/mol. The predicted molar refractivity (Wildman–Crippen MR) is 244 cm³/mol. The minimum atomic E-state index is -1.91. The van der Waals surface area contributed by atoms with Crippen LogP contribution in [-0.2, 0) is 5.41 Å². The van der Waals surface area contributed by atoms with Crippen LogP contribution < -0.4 is 15.3 Å². The summed E-state index contributed by atoms with van der Waals surface area (Å²) >= 11 is 0. The molecule has 0 unspecified atom stereocenters. The number of hydrogen-bond acceptors (Lipinski definition) is 1. The number of nitrogens with zero attached hydrogens (tertiary/aromatic N) is 1. The summed E-state index contributed by atoms with van der Waals surface area (Å²) in [5.74, 6) is 0. The Balaban J connectivity index is 1.22. The highest BCUT2D eigenvalue weighted by atomic mass is 28.3. The molecule has 9 aromatic rings. The molecule has 1 heterocycles. The lowest BCUT2D eigenvalue weighted by molar-refractivity contribution is 0.660. The lowest BCUT2D eigenvalue weighted by atomic mass is 9.81. The van der Waals surface area contributed by atoms with Crippen molar-refractivity contribution >= 4 is 62.1 Å². The summed E-state index contributed by atoms with van der Waals surface area (Å²) in [4.78, 5) is 2.42. The van der Waals surface area contributed by atoms with E-state index in [4.69, 9.17) is 0 Å². The standard InChI is InChI=1S/C54H43NSi/c1-54(2)46-22-11-10-18-40(46)44-32-36(26-29-47(44)54)53-42-20-9-8-19-41(42)52(37-27-30-51-49(33-37)55(3)48-23-12-13-24-50(48)56(51,4)5)43-28-25-35(31-45(43)53)39-21-14-16-34-15-6-7-17-38(34)39/h6-33H,1-5H3. The predicted octanol–water partition coefficient (Wildman–Crippen LogP) is 13.4. The molecule has 0 saturated heterocycles. The van der Waals surface area contributed by atoms with Gasteiger partial charge in [0.2, 0.25) is 0 Å². The van der Waals surface area contributed by atoms with Crippen molar-refractivity contribution in [2.75, 3.05) is 11.9 Å². The first-order valence-corrected chi connectivity index (χ1v) is 22.9. The monoisotopic (exact) mass is 733 g/mol. The minimum absolute atomic E-state index is 0.0441. The Morgan fingerprint density at radius 2 is 0.982 bits per heavy atom. The molecule has 0 radical (unpaired) electrons. The molecule has 0 aromatic heterocycles. The normalized spacial score (nSPS) is 14.8. The summed E-state index contributed by atoms with van der Waals surface area (Å²) in [5, 5.41) is 10.6. The number of benzene rings is 9. The molecule has 0 bridgehead atoms. The second-order valence-electron chi connectivity index (χ2n) is 16.9. The van der Waals surface area contributed by atoms with Crippen molar-refractivity contribution in [2.45, 2.75) is 32.4 Å². The molecule has 2 heteroatoms. The Bertz CT molecular complexity index is 3110. The van der Waals surface area contributed by atoms with Crippen LogP contribution >= 0.6 is 0 Å². The van der Waals surface area contributed by atoms with Crippen molar-refractivity contribution in [3.8, 4) is 44.5 Å². The molecule has 1 aliphatic carbocycles. The van der Waals surface area contributed by atoms with E-state index < -0.39 is 8.07 Å². The van der Waals surface area contributed by atoms with Gasteiger partial charge in [-0.3, -0.25) is 0 Å². The number of rotatable bonds is 3. The topological polar surface area (TPSA) is 3.24 Å². The van der Waals surface area contributed by atoms with Crippen molar-refractivity contribution < 1.29 is 0 Å². The van der Waals surface area contributed by atoms with Gasteiger partial charge < -0.3 is 4.90 Å². The summed E-state index contributed by atoms with van der Waals surface area (Å²) < 4.78 is 0. The molecule has 0 N–H and O–H groups in total. The van der Waals surface area contributed by atoms with Crippen LogP contribution in [-0.4, -0.2) is 15.1 Å². The average molecular weight is 734 g/mol. The van der Waals surface area contributed by atoms with E-state index >= 15 is 0 Å². The summed E-state index contributed by atoms with van der Waals surface area (Å²) in [6.07, 6.45) is 0. The van der Waals surface area contributed by atoms with Gasteiger partial charge in [-0.05, 0) is 123 Å². The SMILES string of the molecule is CN1c2ccccc2[Si](C)(C)c2ccc(-c3c4ccccc4c(-c4ccc5c(c4)-c4ccccc4C5(C)C)c4cc(-c5cccc6ccccc56)ccc34)cc21. The Kier molecular flexibility index (Phi) is 7.04. The minimum Gasteiger partial charge on any atom is -0.345 e. The van der Waals surface area contributed by atoms with Crippen LogP contribution in [0.4, 0.5) is 11.4 Å². The van der Waals surface area contributed by atoms with E-state index in [0.717, 1.165) is 0 Å². The maximum atomic E-state index is 2.50. The lowest BCUT2D eigenvalue weighted by Crippen LogP contribution is -2.58. The molecule has 1 aliphatic heterocycles. The fourth-order valence-corrected chi connectivity index (χ4v) is 13.5. The smallest absolute Gasteiger partial charge is 0.117 e. The number of hydrogen-bond donors (Lipinski definition) is 0. The third kappa shape index (κ3) is 4.60. The Labute approximate surface area is 330 Å². The zero-order chi connectivity index (χ0) is 37.9. The maximum absolute atomic E-state index is 2.50. The summed E-state index contributed by atoms with van der Waals surface area (Å²) in [7, 11) is 0.333. The molecule has 0 spiro atoms. The molecule has 9 aromatic carbocycles. The summed E-state index contributed by atoms with van der Waals surface area (Å²) in [6, 6.07) is 64.4. The molecule has 11 rings (SSSR count). The zero-order valence-electron chi connectivity index (χ0n) is 32.6. The zero-order valence-corrected chi connectivity index (χ0v) is 33.6. The molecule has 0 saturated carbocycles. The van der Waals surface area contributed by atoms with Crippen molar-refractivity contribution in [2.24, 2.45) is 0 Å². The second-order valence-corrected chi connectivity index (χ2v) is 21.3. The van der Waals surface area contributed by atoms with E-state index in [2.05, 4.69) is 209 Å². The number of para-hydroxylation sites is 1. The molecule has 1 nitrogen and oxygen atoms in total. The van der Waals surface area contributed by atoms with Gasteiger partial charge in [0, 0.05) is 23.8 Å². The summed E-state index contributed by atoms with van der Waals surface area (Å²) in [5.41, 5.74) is 15.7. The van der Waals surface area contributed by atoms with Gasteiger partial charge in [-0.15, -0.1) is 0 Å². The molecule has 0 atom stereocenters. The van der Waals surface area contributed by atoms with Crippen LogP contribution in [0.25, 0.3) is 76.8 Å². The molecule has 0 fully saturated rings. The van der Waals surface area contributed by atoms with Crippen LogP contribution in [0.15, 0.2) is 170 Å². The van der Waals surface area contributed by atoms with E-state index in [1.807, 2.05) is 0 Å². The van der Waals surface area contributed by atoms with Crippen molar-refractivity contribution in [3.05, 3.63) is 181 Å². The van der Waals surface area contributed by atoms with Crippen LogP contribution in [0.3, 0.4) is 0 Å². The molecule has 268 valence electrons. The fourth-order valence-electron chi connectivity index (χ4n) is 10.4. The average Bonchev–Trinajstić information content (AvgIpc) is 3.46. The van der Waals surface area contributed by atoms with Gasteiger partial charge in [-0.2, -0.15) is 0 Å². The largest absolute Gasteiger partial charge is 0.345 e. The quantitative estimate of drug-likeness (QED) is 0.129. The lowest BCUT2D eigenvalue weighted by Gasteiger charge is -2.39. The van der Waals surface area contributed by atoms with Gasteiger partial charge in [0.25, 0.3) is 0 Å². The summed E-state index contributed by atoms with van der Waals surface area (Å²) in [6.45, 7) is 9.74. The van der Waals surface area contributed by atoms with E-state index in [-0.39, 0.29) is 5.41 Å². The van der Waals surface area contributed by atoms with Gasteiger partial charge in [0.1, 0.15) is 8.07 Å². The van der Waals surface area contributed by atoms with Crippen molar-refractivity contribution in [3.63, 3.8) is 0 Å². The highest BCUT2D eigenvalue weighted by Gasteiger charge is 2.38. The van der Waals surface area contributed by atoms with E-state index in [0.29, 0.717) is 0 Å². The van der Waals surface area contributed by atoms with Crippen LogP contribution in [0.2, 0.25) is 13.1 Å². The third-order valence-electron chi connectivity index (χ3n) is 13.3. The molecular formula is C54H43NSi. The fraction of sp³-hybridized carbons (Fsp3) is 0.111. The first-order chi connectivity index (χ1) is 27.2. The highest BCUT2D eigenvalue weighted by Crippen LogP contribution is 2.52. The van der Waals surface area contributed by atoms with E-state index in [1.54, 1.807) is 0 Å². The van der Waals surface area contributed by atoms with E-state index in [9.17, 15) is 0 Å². The second kappa shape index (κ2) is 11.9. The van der Waals surface area contributed by atoms with Crippen LogP contribution in [0.1, 0.15) is 25.0 Å². The highest BCUT2D eigenvalue weighted by molar-refractivity contribution is 7.02. The molecule has 2 aliphatic rings. The number of fused-ring (bicyclic) bond motifs is 8. The third-order valence-corrected chi connectivity index (χ3v) is 16.8. The maximum Gasteiger partial charge on any atom is 0.117 e. The Morgan fingerprint density at radius 1 is 0.411 bits per heavy atom. The van der Waals surface area contributed by atoms with Crippen molar-refractivity contribution in [1.29, 1.82) is 0 Å². The van der Waals surface area contributed by atoms with Gasteiger partial charge in [-0.1, -0.05) is 173 Å². The van der Waals surface area contributed by atoms with Gasteiger partial charge in [-0.25, -0.2) is 0 Å². The molecule has 0 amide bonds. The first kappa shape index (κ1) is 33.1. The number of anilines is 2. The van der Waals surface area contributed by atoms with Crippen molar-refractivity contribution in [1.82, 2.24) is 0 Å². The van der Waals surface area contributed by atoms with E-state index in [1.165, 1.54) is 110 Å². The van der Waals surface area contributed by atoms with Crippen LogP contribution in [0.5, 0.6) is 0 Å². The van der Waals surface area contributed by atoms with Gasteiger partial charge >= 0.3 is 0 Å². The van der Waals surface area contributed by atoms with Gasteiger partial charge in [0.05, 0.1) is 0 Å². The molecule has 56 heavy (non-hydrogen) atoms.